The highest BCUT2D eigenvalue weighted by atomic mass is 16.5. The van der Waals surface area contributed by atoms with E-state index in [1.54, 1.807) is 4.90 Å². The van der Waals surface area contributed by atoms with E-state index in [2.05, 4.69) is 24.3 Å². The number of quaternary nitrogens is 1. The minimum absolute atomic E-state index is 0.112. The normalized spacial score (nSPS) is 17.8. The first-order valence-electron chi connectivity index (χ1n) is 9.96. The maximum Gasteiger partial charge on any atom is 0.119 e. The molecular formula is C23H32NO2+. The lowest BCUT2D eigenvalue weighted by molar-refractivity contribution is -0.906. The van der Waals surface area contributed by atoms with Crippen LogP contribution < -0.4 is 9.64 Å². The monoisotopic (exact) mass is 354 g/mol. The van der Waals surface area contributed by atoms with Crippen molar-refractivity contribution in [2.75, 3.05) is 19.6 Å². The average molecular weight is 355 g/mol. The van der Waals surface area contributed by atoms with Gasteiger partial charge < -0.3 is 14.7 Å². The number of nitrogens with one attached hydrogen (secondary N) is 1. The SMILES string of the molecule is CC(C)Oc1ccc(C(O)C(C[NH+]2CCCCC2)c2ccccc2)cc1. The quantitative estimate of drug-likeness (QED) is 0.799. The molecule has 1 saturated heterocycles. The summed E-state index contributed by atoms with van der Waals surface area (Å²) in [4.78, 5) is 1.61. The van der Waals surface area contributed by atoms with Crippen molar-refractivity contribution >= 4 is 0 Å². The van der Waals surface area contributed by atoms with Gasteiger partial charge in [0.1, 0.15) is 5.75 Å². The third-order valence-electron chi connectivity index (χ3n) is 5.27. The van der Waals surface area contributed by atoms with Crippen molar-refractivity contribution in [2.45, 2.75) is 51.2 Å². The second-order valence-corrected chi connectivity index (χ2v) is 7.71. The van der Waals surface area contributed by atoms with Gasteiger partial charge in [-0.25, -0.2) is 0 Å². The van der Waals surface area contributed by atoms with Gasteiger partial charge in [0.2, 0.25) is 0 Å². The fourth-order valence-corrected chi connectivity index (χ4v) is 3.93. The Morgan fingerprint density at radius 1 is 0.885 bits per heavy atom. The first-order valence-corrected chi connectivity index (χ1v) is 9.96. The summed E-state index contributed by atoms with van der Waals surface area (Å²) in [5, 5.41) is 11.2. The fourth-order valence-electron chi connectivity index (χ4n) is 3.93. The third kappa shape index (κ3) is 5.09. The van der Waals surface area contributed by atoms with Crippen molar-refractivity contribution in [2.24, 2.45) is 0 Å². The van der Waals surface area contributed by atoms with E-state index in [9.17, 15) is 5.11 Å². The molecule has 0 spiro atoms. The molecule has 1 aliphatic heterocycles. The van der Waals surface area contributed by atoms with E-state index in [0.29, 0.717) is 0 Å². The largest absolute Gasteiger partial charge is 0.491 e. The maximum atomic E-state index is 11.2. The molecule has 3 nitrogen and oxygen atoms in total. The van der Waals surface area contributed by atoms with Crippen LogP contribution in [0.5, 0.6) is 5.75 Å². The number of aliphatic hydroxyl groups excluding tert-OH is 1. The van der Waals surface area contributed by atoms with Gasteiger partial charge in [-0.3, -0.25) is 0 Å². The van der Waals surface area contributed by atoms with E-state index in [4.69, 9.17) is 4.74 Å². The Morgan fingerprint density at radius 2 is 1.54 bits per heavy atom. The molecule has 2 aromatic rings. The van der Waals surface area contributed by atoms with E-state index in [0.717, 1.165) is 17.9 Å². The van der Waals surface area contributed by atoms with Gasteiger partial charge in [-0.15, -0.1) is 0 Å². The Bertz CT molecular complexity index is 648. The highest BCUT2D eigenvalue weighted by Gasteiger charge is 2.28. The number of piperidine rings is 1. The topological polar surface area (TPSA) is 33.9 Å². The van der Waals surface area contributed by atoms with Crippen LogP contribution in [0.1, 0.15) is 56.3 Å². The molecule has 0 aliphatic carbocycles. The van der Waals surface area contributed by atoms with Crippen LogP contribution in [0.2, 0.25) is 0 Å². The van der Waals surface area contributed by atoms with Crippen LogP contribution in [0, 0.1) is 0 Å². The number of rotatable bonds is 7. The van der Waals surface area contributed by atoms with Crippen molar-refractivity contribution in [3.63, 3.8) is 0 Å². The van der Waals surface area contributed by atoms with Gasteiger partial charge in [0.05, 0.1) is 37.8 Å². The summed E-state index contributed by atoms with van der Waals surface area (Å²) in [6.45, 7) is 7.47. The van der Waals surface area contributed by atoms with E-state index in [-0.39, 0.29) is 12.0 Å². The van der Waals surface area contributed by atoms with Gasteiger partial charge in [0, 0.05) is 0 Å². The highest BCUT2D eigenvalue weighted by molar-refractivity contribution is 5.31. The highest BCUT2D eigenvalue weighted by Crippen LogP contribution is 2.31. The van der Waals surface area contributed by atoms with Gasteiger partial charge in [-0.05, 0) is 56.4 Å². The first kappa shape index (κ1) is 18.9. The summed E-state index contributed by atoms with van der Waals surface area (Å²) < 4.78 is 5.73. The van der Waals surface area contributed by atoms with Crippen LogP contribution in [0.3, 0.4) is 0 Å². The zero-order chi connectivity index (χ0) is 18.4. The van der Waals surface area contributed by atoms with Crippen molar-refractivity contribution in [1.82, 2.24) is 0 Å². The lowest BCUT2D eigenvalue weighted by atomic mass is 9.88. The summed E-state index contributed by atoms with van der Waals surface area (Å²) in [6.07, 6.45) is 3.60. The fraction of sp³-hybridized carbons (Fsp3) is 0.478. The van der Waals surface area contributed by atoms with Crippen LogP contribution in [-0.2, 0) is 0 Å². The van der Waals surface area contributed by atoms with Crippen LogP contribution in [0.25, 0.3) is 0 Å². The number of hydrogen-bond donors (Lipinski definition) is 2. The molecule has 3 rings (SSSR count). The molecule has 0 radical (unpaired) electrons. The molecular weight excluding hydrogens is 322 g/mol. The number of aliphatic hydroxyl groups is 1. The zero-order valence-electron chi connectivity index (χ0n) is 16.0. The predicted molar refractivity (Wildman–Crippen MR) is 106 cm³/mol. The molecule has 1 aliphatic rings. The van der Waals surface area contributed by atoms with Crippen LogP contribution in [0.15, 0.2) is 54.6 Å². The Kier molecular flexibility index (Phi) is 6.70. The summed E-state index contributed by atoms with van der Waals surface area (Å²) in [5.41, 5.74) is 2.19. The number of ether oxygens (including phenoxy) is 1. The molecule has 0 amide bonds. The predicted octanol–water partition coefficient (Wildman–Crippen LogP) is 3.36. The molecule has 0 bridgehead atoms. The molecule has 140 valence electrons. The Labute approximate surface area is 157 Å². The summed E-state index contributed by atoms with van der Waals surface area (Å²) in [5.74, 6) is 0.968. The van der Waals surface area contributed by atoms with Crippen molar-refractivity contribution in [3.05, 3.63) is 65.7 Å². The Morgan fingerprint density at radius 3 is 2.15 bits per heavy atom. The van der Waals surface area contributed by atoms with Gasteiger partial charge in [-0.2, -0.15) is 0 Å². The summed E-state index contributed by atoms with van der Waals surface area (Å²) in [7, 11) is 0. The second kappa shape index (κ2) is 9.20. The standard InChI is InChI=1S/C23H31NO2/c1-18(2)26-21-13-11-20(12-14-21)23(25)22(19-9-5-3-6-10-19)17-24-15-7-4-8-16-24/h3,5-6,9-14,18,22-23,25H,4,7-8,15-17H2,1-2H3/p+1. The zero-order valence-corrected chi connectivity index (χ0v) is 16.0. The lowest BCUT2D eigenvalue weighted by Crippen LogP contribution is -3.13. The third-order valence-corrected chi connectivity index (χ3v) is 5.27. The van der Waals surface area contributed by atoms with E-state index < -0.39 is 6.10 Å². The summed E-state index contributed by atoms with van der Waals surface area (Å²) >= 11 is 0. The van der Waals surface area contributed by atoms with Gasteiger partial charge >= 0.3 is 0 Å². The molecule has 1 heterocycles. The molecule has 0 saturated carbocycles. The number of hydrogen-bond acceptors (Lipinski definition) is 2. The first-order chi connectivity index (χ1) is 12.6. The van der Waals surface area contributed by atoms with Crippen molar-refractivity contribution in [3.8, 4) is 5.75 Å². The van der Waals surface area contributed by atoms with E-state index in [1.165, 1.54) is 37.9 Å². The molecule has 1 fully saturated rings. The van der Waals surface area contributed by atoms with Gasteiger partial charge in [0.25, 0.3) is 0 Å². The minimum Gasteiger partial charge on any atom is -0.491 e. The molecule has 2 N–H and O–H groups in total. The van der Waals surface area contributed by atoms with Crippen LogP contribution in [-0.4, -0.2) is 30.8 Å². The summed E-state index contributed by atoms with van der Waals surface area (Å²) in [6, 6.07) is 18.4. The molecule has 2 atom stereocenters. The molecule has 0 aromatic heterocycles. The molecule has 2 aromatic carbocycles. The second-order valence-electron chi connectivity index (χ2n) is 7.71. The maximum absolute atomic E-state index is 11.2. The smallest absolute Gasteiger partial charge is 0.119 e. The Balaban J connectivity index is 1.78. The van der Waals surface area contributed by atoms with Crippen molar-refractivity contribution in [1.29, 1.82) is 0 Å². The van der Waals surface area contributed by atoms with Gasteiger partial charge in [-0.1, -0.05) is 42.5 Å². The van der Waals surface area contributed by atoms with E-state index >= 15 is 0 Å². The lowest BCUT2D eigenvalue weighted by Gasteiger charge is -2.30. The Hall–Kier alpha value is -1.84. The number of benzene rings is 2. The minimum atomic E-state index is -0.500. The molecule has 26 heavy (non-hydrogen) atoms. The van der Waals surface area contributed by atoms with E-state index in [1.807, 2.05) is 44.2 Å². The molecule has 2 unspecified atom stereocenters. The van der Waals surface area contributed by atoms with Crippen LogP contribution in [0.4, 0.5) is 0 Å². The number of likely N-dealkylation sites (tertiary alicyclic amines) is 1. The molecule has 3 heteroatoms. The van der Waals surface area contributed by atoms with Gasteiger partial charge in [0.15, 0.2) is 0 Å². The van der Waals surface area contributed by atoms with Crippen molar-refractivity contribution < 1.29 is 14.7 Å². The average Bonchev–Trinajstić information content (AvgIpc) is 2.67. The van der Waals surface area contributed by atoms with Crippen LogP contribution >= 0.6 is 0 Å².